The molecule has 7 nitrogen and oxygen atoms in total. The monoisotopic (exact) mass is 459 g/mol. The molecule has 4 aromatic rings. The number of hydrogen-bond acceptors (Lipinski definition) is 7. The third-order valence-electron chi connectivity index (χ3n) is 5.32. The van der Waals surface area contributed by atoms with Gasteiger partial charge in [-0.2, -0.15) is 0 Å². The molecule has 1 amide bonds. The molecule has 0 saturated heterocycles. The molecule has 2 aromatic carbocycles. The average molecular weight is 460 g/mol. The van der Waals surface area contributed by atoms with Crippen molar-refractivity contribution >= 4 is 17.2 Å². The lowest BCUT2D eigenvalue weighted by atomic mass is 9.97. The lowest BCUT2D eigenvalue weighted by molar-refractivity contribution is 0.0950. The van der Waals surface area contributed by atoms with Crippen LogP contribution in [0.3, 0.4) is 0 Å². The number of nitrogens with zero attached hydrogens (tertiary/aromatic N) is 2. The van der Waals surface area contributed by atoms with Gasteiger partial charge in [0.1, 0.15) is 17.6 Å². The summed E-state index contributed by atoms with van der Waals surface area (Å²) >= 11 is 1.36. The largest absolute Gasteiger partial charge is 0.493 e. The summed E-state index contributed by atoms with van der Waals surface area (Å²) in [7, 11) is 0. The van der Waals surface area contributed by atoms with Gasteiger partial charge in [-0.15, -0.1) is 0 Å². The maximum absolute atomic E-state index is 12.2. The number of amides is 1. The zero-order chi connectivity index (χ0) is 22.6. The van der Waals surface area contributed by atoms with Gasteiger partial charge in [0, 0.05) is 28.9 Å². The highest BCUT2D eigenvalue weighted by molar-refractivity contribution is 7.13. The van der Waals surface area contributed by atoms with E-state index in [1.807, 2.05) is 36.4 Å². The number of rotatable bonds is 6. The van der Waals surface area contributed by atoms with E-state index in [1.165, 1.54) is 35.2 Å². The first-order valence-corrected chi connectivity index (χ1v) is 11.4. The van der Waals surface area contributed by atoms with Gasteiger partial charge >= 0.3 is 0 Å². The van der Waals surface area contributed by atoms with Crippen molar-refractivity contribution in [1.29, 1.82) is 0 Å². The average Bonchev–Trinajstić information content (AvgIpc) is 3.30. The topological polar surface area (TPSA) is 93.6 Å². The second kappa shape index (κ2) is 9.30. The molecule has 166 valence electrons. The van der Waals surface area contributed by atoms with Crippen LogP contribution >= 0.6 is 11.3 Å². The van der Waals surface area contributed by atoms with Crippen LogP contribution in [-0.2, 0) is 13.0 Å². The van der Waals surface area contributed by atoms with Gasteiger partial charge in [-0.05, 0) is 48.2 Å². The number of aromatic hydroxyl groups is 1. The normalized spacial score (nSPS) is 14.7. The molecule has 0 saturated carbocycles. The summed E-state index contributed by atoms with van der Waals surface area (Å²) in [5, 5.41) is 12.7. The molecule has 3 heterocycles. The van der Waals surface area contributed by atoms with Crippen molar-refractivity contribution in [3.05, 3.63) is 94.6 Å². The molecule has 0 spiro atoms. The highest BCUT2D eigenvalue weighted by atomic mass is 32.1. The second-order valence-corrected chi connectivity index (χ2v) is 8.68. The lowest BCUT2D eigenvalue weighted by Gasteiger charge is -2.26. The van der Waals surface area contributed by atoms with Crippen molar-refractivity contribution in [1.82, 2.24) is 15.3 Å². The fourth-order valence-electron chi connectivity index (χ4n) is 3.68. The van der Waals surface area contributed by atoms with Gasteiger partial charge in [0.05, 0.1) is 6.54 Å². The number of aryl methyl sites for hydroxylation is 1. The summed E-state index contributed by atoms with van der Waals surface area (Å²) in [5.41, 5.74) is 2.64. The fourth-order valence-corrected chi connectivity index (χ4v) is 4.40. The van der Waals surface area contributed by atoms with Crippen molar-refractivity contribution in [2.24, 2.45) is 0 Å². The Bertz CT molecular complexity index is 1280. The van der Waals surface area contributed by atoms with Crippen LogP contribution in [0.2, 0.25) is 0 Å². The number of carbonyl (C=O) groups excluding carboxylic acids is 1. The highest BCUT2D eigenvalue weighted by Gasteiger charge is 2.22. The van der Waals surface area contributed by atoms with Crippen molar-refractivity contribution in [2.75, 3.05) is 0 Å². The molecule has 2 aromatic heterocycles. The first-order valence-electron chi connectivity index (χ1n) is 10.5. The SMILES string of the molecule is O=C(NCc1cnc(Oc2ccc3c(c2)CCC(c2ccccc2)O3)s1)c1ccnc(O)c1. The summed E-state index contributed by atoms with van der Waals surface area (Å²) in [5.74, 6) is 1.09. The van der Waals surface area contributed by atoms with E-state index in [1.54, 1.807) is 6.20 Å². The molecular weight excluding hydrogens is 438 g/mol. The Labute approximate surface area is 194 Å². The lowest BCUT2D eigenvalue weighted by Crippen LogP contribution is -2.22. The summed E-state index contributed by atoms with van der Waals surface area (Å²) in [6, 6.07) is 18.9. The minimum absolute atomic E-state index is 0.0679. The third-order valence-corrected chi connectivity index (χ3v) is 6.19. The van der Waals surface area contributed by atoms with E-state index in [0.29, 0.717) is 23.1 Å². The van der Waals surface area contributed by atoms with Gasteiger partial charge in [0.15, 0.2) is 0 Å². The third kappa shape index (κ3) is 4.96. The second-order valence-electron chi connectivity index (χ2n) is 7.61. The first-order chi connectivity index (χ1) is 16.1. The molecule has 1 atom stereocenters. The van der Waals surface area contributed by atoms with Gasteiger partial charge in [-0.3, -0.25) is 4.79 Å². The summed E-state index contributed by atoms with van der Waals surface area (Å²) in [6.45, 7) is 0.307. The van der Waals surface area contributed by atoms with Crippen LogP contribution in [0.1, 0.15) is 38.9 Å². The fraction of sp³-hybridized carbons (Fsp3) is 0.160. The van der Waals surface area contributed by atoms with E-state index in [-0.39, 0.29) is 17.9 Å². The van der Waals surface area contributed by atoms with E-state index in [2.05, 4.69) is 27.4 Å². The van der Waals surface area contributed by atoms with E-state index >= 15 is 0 Å². The maximum Gasteiger partial charge on any atom is 0.278 e. The molecule has 0 radical (unpaired) electrons. The molecule has 2 N–H and O–H groups in total. The first kappa shape index (κ1) is 21.0. The molecule has 8 heteroatoms. The maximum atomic E-state index is 12.2. The van der Waals surface area contributed by atoms with E-state index < -0.39 is 0 Å². The number of benzene rings is 2. The molecular formula is C25H21N3O4S. The van der Waals surface area contributed by atoms with Gasteiger partial charge in [-0.1, -0.05) is 41.7 Å². The Kier molecular flexibility index (Phi) is 5.91. The van der Waals surface area contributed by atoms with Gasteiger partial charge in [0.2, 0.25) is 5.88 Å². The van der Waals surface area contributed by atoms with Gasteiger partial charge in [-0.25, -0.2) is 9.97 Å². The number of pyridine rings is 1. The van der Waals surface area contributed by atoms with Crippen LogP contribution in [0.4, 0.5) is 0 Å². The van der Waals surface area contributed by atoms with Gasteiger partial charge < -0.3 is 19.9 Å². The molecule has 1 aliphatic heterocycles. The minimum atomic E-state index is -0.299. The predicted octanol–water partition coefficient (Wildman–Crippen LogP) is 5.03. The Morgan fingerprint density at radius 2 is 2.03 bits per heavy atom. The quantitative estimate of drug-likeness (QED) is 0.420. The highest BCUT2D eigenvalue weighted by Crippen LogP contribution is 2.38. The summed E-state index contributed by atoms with van der Waals surface area (Å²) < 4.78 is 12.1. The summed E-state index contributed by atoms with van der Waals surface area (Å²) in [6.07, 6.45) is 4.95. The smallest absolute Gasteiger partial charge is 0.278 e. The molecule has 0 fully saturated rings. The standard InChI is InChI=1S/C25H21N3O4S/c29-23-13-18(10-11-26-23)24(30)27-14-20-15-28-25(33-20)31-19-7-9-22-17(12-19)6-8-21(32-22)16-4-2-1-3-5-16/h1-5,7,9-13,15,21H,6,8,14H2,(H,26,29)(H,27,30). The van der Waals surface area contributed by atoms with Crippen LogP contribution in [-0.4, -0.2) is 21.0 Å². The van der Waals surface area contributed by atoms with Crippen molar-refractivity contribution in [2.45, 2.75) is 25.5 Å². The van der Waals surface area contributed by atoms with Crippen LogP contribution in [0.25, 0.3) is 0 Å². The minimum Gasteiger partial charge on any atom is -0.493 e. The van der Waals surface area contributed by atoms with Crippen molar-refractivity contribution in [3.8, 4) is 22.6 Å². The molecule has 33 heavy (non-hydrogen) atoms. The number of nitrogens with one attached hydrogen (secondary N) is 1. The Morgan fingerprint density at radius 1 is 1.15 bits per heavy atom. The predicted molar refractivity (Wildman–Crippen MR) is 124 cm³/mol. The van der Waals surface area contributed by atoms with Crippen LogP contribution in [0, 0.1) is 0 Å². The van der Waals surface area contributed by atoms with E-state index in [0.717, 1.165) is 29.0 Å². The van der Waals surface area contributed by atoms with E-state index in [4.69, 9.17) is 9.47 Å². The number of ether oxygens (including phenoxy) is 2. The molecule has 1 aliphatic rings. The number of aromatic nitrogens is 2. The molecule has 5 rings (SSSR count). The summed E-state index contributed by atoms with van der Waals surface area (Å²) in [4.78, 5) is 21.0. The number of hydrogen-bond donors (Lipinski definition) is 2. The Hall–Kier alpha value is -3.91. The zero-order valence-corrected chi connectivity index (χ0v) is 18.4. The van der Waals surface area contributed by atoms with Gasteiger partial charge in [0.25, 0.3) is 11.1 Å². The molecule has 1 unspecified atom stereocenters. The van der Waals surface area contributed by atoms with Crippen LogP contribution in [0.5, 0.6) is 22.6 Å². The molecule has 0 bridgehead atoms. The number of thiazole rings is 1. The Morgan fingerprint density at radius 3 is 2.88 bits per heavy atom. The number of fused-ring (bicyclic) bond motifs is 1. The van der Waals surface area contributed by atoms with Crippen molar-refractivity contribution < 1.29 is 19.4 Å². The van der Waals surface area contributed by atoms with E-state index in [9.17, 15) is 9.90 Å². The zero-order valence-electron chi connectivity index (χ0n) is 17.6. The Balaban J connectivity index is 1.19. The van der Waals surface area contributed by atoms with Crippen molar-refractivity contribution in [3.63, 3.8) is 0 Å². The number of carbonyl (C=O) groups is 1. The molecule has 0 aliphatic carbocycles. The van der Waals surface area contributed by atoms with Crippen LogP contribution < -0.4 is 14.8 Å². The van der Waals surface area contributed by atoms with Crippen LogP contribution in [0.15, 0.2) is 73.1 Å².